The van der Waals surface area contributed by atoms with Gasteiger partial charge in [0.05, 0.1) is 14.9 Å². The van der Waals surface area contributed by atoms with Crippen molar-refractivity contribution >= 4 is 45.3 Å². The van der Waals surface area contributed by atoms with Crippen LogP contribution >= 0.6 is 34.3 Å². The molecular formula is C15H10ClFN2OS2. The first-order chi connectivity index (χ1) is 10.5. The normalized spacial score (nSPS) is 10.7. The monoisotopic (exact) mass is 352 g/mol. The van der Waals surface area contributed by atoms with Gasteiger partial charge in [0.2, 0.25) is 0 Å². The summed E-state index contributed by atoms with van der Waals surface area (Å²) in [5, 5.41) is 5.01. The van der Waals surface area contributed by atoms with Gasteiger partial charge in [-0.25, -0.2) is 9.37 Å². The first-order valence-electron chi connectivity index (χ1n) is 6.31. The Morgan fingerprint density at radius 3 is 2.86 bits per heavy atom. The zero-order chi connectivity index (χ0) is 15.7. The molecule has 0 fully saturated rings. The fourth-order valence-electron chi connectivity index (χ4n) is 1.90. The number of hydrogen-bond acceptors (Lipinski definition) is 4. The minimum atomic E-state index is -0.441. The molecule has 3 rings (SSSR count). The number of thiazole rings is 1. The SMILES string of the molecule is Cc1ccc(F)cc1C(=O)Nc1nc(-c2ccc(Cl)s2)cs1. The number of nitrogens with one attached hydrogen (secondary N) is 1. The van der Waals surface area contributed by atoms with Crippen LogP contribution in [-0.4, -0.2) is 10.9 Å². The molecule has 0 aliphatic heterocycles. The molecule has 1 amide bonds. The number of carbonyl (C=O) groups is 1. The number of aryl methyl sites for hydroxylation is 1. The maximum Gasteiger partial charge on any atom is 0.257 e. The fourth-order valence-corrected chi connectivity index (χ4v) is 3.68. The summed E-state index contributed by atoms with van der Waals surface area (Å²) in [6.45, 7) is 1.76. The number of rotatable bonds is 3. The average molecular weight is 353 g/mol. The van der Waals surface area contributed by atoms with E-state index in [2.05, 4.69) is 10.3 Å². The summed E-state index contributed by atoms with van der Waals surface area (Å²) in [6, 6.07) is 7.80. The molecule has 3 aromatic rings. The van der Waals surface area contributed by atoms with Gasteiger partial charge in [0.25, 0.3) is 5.91 Å². The molecule has 2 heterocycles. The molecule has 112 valence electrons. The molecule has 0 saturated heterocycles. The summed E-state index contributed by atoms with van der Waals surface area (Å²) < 4.78 is 14.0. The Kier molecular flexibility index (Phi) is 4.24. The van der Waals surface area contributed by atoms with E-state index in [1.54, 1.807) is 19.1 Å². The molecule has 0 spiro atoms. The molecule has 0 bridgehead atoms. The molecule has 22 heavy (non-hydrogen) atoms. The number of thiophene rings is 1. The number of nitrogens with zero attached hydrogens (tertiary/aromatic N) is 1. The maximum absolute atomic E-state index is 13.3. The number of anilines is 1. The molecule has 2 aromatic heterocycles. The van der Waals surface area contributed by atoms with Gasteiger partial charge in [-0.2, -0.15) is 0 Å². The summed E-state index contributed by atoms with van der Waals surface area (Å²) in [5.41, 5.74) is 1.77. The first-order valence-corrected chi connectivity index (χ1v) is 8.39. The van der Waals surface area contributed by atoms with Gasteiger partial charge in [-0.15, -0.1) is 22.7 Å². The van der Waals surface area contributed by atoms with Crippen LogP contribution < -0.4 is 5.32 Å². The van der Waals surface area contributed by atoms with E-state index in [-0.39, 0.29) is 5.91 Å². The number of aromatic nitrogens is 1. The van der Waals surface area contributed by atoms with E-state index < -0.39 is 5.82 Å². The maximum atomic E-state index is 13.3. The lowest BCUT2D eigenvalue weighted by molar-refractivity contribution is 0.102. The van der Waals surface area contributed by atoms with Gasteiger partial charge in [-0.3, -0.25) is 10.1 Å². The van der Waals surface area contributed by atoms with Crippen LogP contribution in [0.2, 0.25) is 4.34 Å². The van der Waals surface area contributed by atoms with Gasteiger partial charge in [0, 0.05) is 10.9 Å². The van der Waals surface area contributed by atoms with E-state index in [1.165, 1.54) is 34.8 Å². The number of halogens is 2. The number of amides is 1. The lowest BCUT2D eigenvalue weighted by atomic mass is 10.1. The van der Waals surface area contributed by atoms with Crippen molar-refractivity contribution in [1.82, 2.24) is 4.98 Å². The highest BCUT2D eigenvalue weighted by Crippen LogP contribution is 2.33. The largest absolute Gasteiger partial charge is 0.298 e. The molecule has 1 aromatic carbocycles. The van der Waals surface area contributed by atoms with E-state index in [1.807, 2.05) is 11.4 Å². The standard InChI is InChI=1S/C15H10ClFN2OS2/c1-8-2-3-9(17)6-10(8)14(20)19-15-18-11(7-21-15)12-4-5-13(16)22-12/h2-7H,1H3,(H,18,19,20). The Balaban J connectivity index is 1.80. The van der Waals surface area contributed by atoms with E-state index in [4.69, 9.17) is 11.6 Å². The minimum Gasteiger partial charge on any atom is -0.298 e. The highest BCUT2D eigenvalue weighted by atomic mass is 35.5. The predicted octanol–water partition coefficient (Wildman–Crippen LogP) is 5.22. The number of carbonyl (C=O) groups excluding carboxylic acids is 1. The van der Waals surface area contributed by atoms with E-state index in [9.17, 15) is 9.18 Å². The van der Waals surface area contributed by atoms with E-state index in [0.717, 1.165) is 10.6 Å². The van der Waals surface area contributed by atoms with Crippen molar-refractivity contribution in [2.75, 3.05) is 5.32 Å². The molecule has 0 aliphatic carbocycles. The van der Waals surface area contributed by atoms with Gasteiger partial charge < -0.3 is 0 Å². The highest BCUT2D eigenvalue weighted by molar-refractivity contribution is 7.20. The van der Waals surface area contributed by atoms with Crippen molar-refractivity contribution in [3.05, 3.63) is 57.0 Å². The number of benzene rings is 1. The van der Waals surface area contributed by atoms with Crippen molar-refractivity contribution in [1.29, 1.82) is 0 Å². The summed E-state index contributed by atoms with van der Waals surface area (Å²) >= 11 is 8.64. The Bertz CT molecular complexity index is 844. The van der Waals surface area contributed by atoms with Gasteiger partial charge in [-0.1, -0.05) is 17.7 Å². The summed E-state index contributed by atoms with van der Waals surface area (Å²) in [6.07, 6.45) is 0. The molecule has 0 radical (unpaired) electrons. The van der Waals surface area contributed by atoms with E-state index >= 15 is 0 Å². The molecule has 1 N–H and O–H groups in total. The van der Waals surface area contributed by atoms with Crippen LogP contribution in [0.4, 0.5) is 9.52 Å². The predicted molar refractivity (Wildman–Crippen MR) is 89.5 cm³/mol. The molecule has 0 saturated carbocycles. The Morgan fingerprint density at radius 2 is 2.14 bits per heavy atom. The average Bonchev–Trinajstić information content (AvgIpc) is 3.10. The van der Waals surface area contributed by atoms with Gasteiger partial charge in [0.1, 0.15) is 5.82 Å². The van der Waals surface area contributed by atoms with Crippen LogP contribution in [0.15, 0.2) is 35.7 Å². The van der Waals surface area contributed by atoms with Gasteiger partial charge >= 0.3 is 0 Å². The fraction of sp³-hybridized carbons (Fsp3) is 0.0667. The van der Waals surface area contributed by atoms with Crippen molar-refractivity contribution in [3.63, 3.8) is 0 Å². The lowest BCUT2D eigenvalue weighted by Gasteiger charge is -2.05. The Hall–Kier alpha value is -1.76. The second kappa shape index (κ2) is 6.16. The number of hydrogen-bond donors (Lipinski definition) is 1. The molecule has 0 aliphatic rings. The zero-order valence-corrected chi connectivity index (χ0v) is 13.8. The molecule has 3 nitrogen and oxygen atoms in total. The third-order valence-corrected chi connectivity index (χ3v) is 5.01. The lowest BCUT2D eigenvalue weighted by Crippen LogP contribution is -2.13. The molecular weight excluding hydrogens is 343 g/mol. The second-order valence-electron chi connectivity index (χ2n) is 4.56. The Labute approximate surface area is 139 Å². The third kappa shape index (κ3) is 3.19. The summed E-state index contributed by atoms with van der Waals surface area (Å²) in [5.74, 6) is -0.814. The van der Waals surface area contributed by atoms with Crippen molar-refractivity contribution in [2.24, 2.45) is 0 Å². The van der Waals surface area contributed by atoms with Crippen molar-refractivity contribution < 1.29 is 9.18 Å². The second-order valence-corrected chi connectivity index (χ2v) is 7.13. The highest BCUT2D eigenvalue weighted by Gasteiger charge is 2.13. The van der Waals surface area contributed by atoms with Crippen molar-refractivity contribution in [2.45, 2.75) is 6.92 Å². The van der Waals surface area contributed by atoms with Crippen LogP contribution in [-0.2, 0) is 0 Å². The Morgan fingerprint density at radius 1 is 1.32 bits per heavy atom. The van der Waals surface area contributed by atoms with Crippen LogP contribution in [0.25, 0.3) is 10.6 Å². The van der Waals surface area contributed by atoms with Crippen LogP contribution in [0.1, 0.15) is 15.9 Å². The minimum absolute atomic E-state index is 0.302. The smallest absolute Gasteiger partial charge is 0.257 e. The first kappa shape index (κ1) is 15.1. The van der Waals surface area contributed by atoms with Crippen molar-refractivity contribution in [3.8, 4) is 10.6 Å². The molecule has 7 heteroatoms. The molecule has 0 atom stereocenters. The van der Waals surface area contributed by atoms with Gasteiger partial charge in [0.15, 0.2) is 5.13 Å². The van der Waals surface area contributed by atoms with Gasteiger partial charge in [-0.05, 0) is 36.8 Å². The quantitative estimate of drug-likeness (QED) is 0.701. The third-order valence-electron chi connectivity index (χ3n) is 2.99. The van der Waals surface area contributed by atoms with Crippen LogP contribution in [0, 0.1) is 12.7 Å². The topological polar surface area (TPSA) is 42.0 Å². The summed E-state index contributed by atoms with van der Waals surface area (Å²) in [4.78, 5) is 17.5. The van der Waals surface area contributed by atoms with Crippen LogP contribution in [0.3, 0.4) is 0 Å². The van der Waals surface area contributed by atoms with Crippen LogP contribution in [0.5, 0.6) is 0 Å². The summed E-state index contributed by atoms with van der Waals surface area (Å²) in [7, 11) is 0. The zero-order valence-electron chi connectivity index (χ0n) is 11.4. The molecule has 0 unspecified atom stereocenters. The van der Waals surface area contributed by atoms with E-state index in [0.29, 0.717) is 20.6 Å².